The Bertz CT molecular complexity index is 295. The van der Waals surface area contributed by atoms with Gasteiger partial charge in [-0.2, -0.15) is 0 Å². The summed E-state index contributed by atoms with van der Waals surface area (Å²) in [5.74, 6) is 1.36. The topological polar surface area (TPSA) is 26.3 Å². The molecule has 0 unspecified atom stereocenters. The van der Waals surface area contributed by atoms with Crippen molar-refractivity contribution in [1.82, 2.24) is 0 Å². The van der Waals surface area contributed by atoms with Crippen LogP contribution in [0.15, 0.2) is 12.2 Å². The lowest BCUT2D eigenvalue weighted by Crippen LogP contribution is -2.21. The molecule has 2 rings (SSSR count). The number of esters is 1. The van der Waals surface area contributed by atoms with Gasteiger partial charge in [0.15, 0.2) is 0 Å². The van der Waals surface area contributed by atoms with Crippen molar-refractivity contribution in [3.8, 4) is 0 Å². The smallest absolute Gasteiger partial charge is 0.309 e. The Balaban J connectivity index is 1.52. The van der Waals surface area contributed by atoms with E-state index < -0.39 is 0 Å². The normalized spacial score (nSPS) is 28.8. The molecule has 0 aromatic heterocycles. The van der Waals surface area contributed by atoms with Gasteiger partial charge in [-0.15, -0.1) is 0 Å². The third-order valence-corrected chi connectivity index (χ3v) is 4.32. The minimum Gasteiger partial charge on any atom is -0.465 e. The van der Waals surface area contributed by atoms with E-state index in [4.69, 9.17) is 4.74 Å². The van der Waals surface area contributed by atoms with Crippen LogP contribution in [0, 0.1) is 17.8 Å². The maximum atomic E-state index is 11.9. The summed E-state index contributed by atoms with van der Waals surface area (Å²) in [6.07, 6.45) is 14.1. The average molecular weight is 250 g/mol. The van der Waals surface area contributed by atoms with Crippen LogP contribution in [0.3, 0.4) is 0 Å². The molecule has 0 spiro atoms. The van der Waals surface area contributed by atoms with E-state index in [-0.39, 0.29) is 11.9 Å². The molecule has 102 valence electrons. The van der Waals surface area contributed by atoms with Crippen LogP contribution in [0.2, 0.25) is 0 Å². The van der Waals surface area contributed by atoms with Gasteiger partial charge in [0.25, 0.3) is 0 Å². The van der Waals surface area contributed by atoms with Gasteiger partial charge in [0.2, 0.25) is 0 Å². The summed E-state index contributed by atoms with van der Waals surface area (Å²) in [5, 5.41) is 0. The van der Waals surface area contributed by atoms with E-state index in [0.29, 0.717) is 18.4 Å². The summed E-state index contributed by atoms with van der Waals surface area (Å²) >= 11 is 0. The highest BCUT2D eigenvalue weighted by Crippen LogP contribution is 2.43. The lowest BCUT2D eigenvalue weighted by atomic mass is 9.94. The lowest BCUT2D eigenvalue weighted by Gasteiger charge is -2.16. The van der Waals surface area contributed by atoms with E-state index in [1.807, 2.05) is 0 Å². The zero-order chi connectivity index (χ0) is 12.8. The van der Waals surface area contributed by atoms with E-state index in [9.17, 15) is 4.79 Å². The first-order chi connectivity index (χ1) is 8.81. The van der Waals surface area contributed by atoms with Gasteiger partial charge in [-0.1, -0.05) is 51.2 Å². The highest BCUT2D eigenvalue weighted by Gasteiger charge is 2.40. The molecule has 2 nitrogen and oxygen atoms in total. The lowest BCUT2D eigenvalue weighted by molar-refractivity contribution is -0.149. The summed E-state index contributed by atoms with van der Waals surface area (Å²) < 4.78 is 5.41. The van der Waals surface area contributed by atoms with Crippen molar-refractivity contribution >= 4 is 5.97 Å². The van der Waals surface area contributed by atoms with E-state index in [0.717, 1.165) is 12.8 Å². The van der Waals surface area contributed by atoms with Gasteiger partial charge < -0.3 is 4.74 Å². The Morgan fingerprint density at radius 1 is 1.11 bits per heavy atom. The maximum absolute atomic E-state index is 11.9. The molecule has 2 bridgehead atoms. The van der Waals surface area contributed by atoms with Crippen LogP contribution in [0.1, 0.15) is 58.3 Å². The van der Waals surface area contributed by atoms with Gasteiger partial charge in [-0.3, -0.25) is 4.79 Å². The molecule has 0 N–H and O–H groups in total. The molecule has 2 aliphatic rings. The quantitative estimate of drug-likeness (QED) is 0.368. The molecule has 0 heterocycles. The van der Waals surface area contributed by atoms with Crippen molar-refractivity contribution in [2.75, 3.05) is 6.61 Å². The fourth-order valence-electron chi connectivity index (χ4n) is 3.21. The zero-order valence-corrected chi connectivity index (χ0v) is 11.6. The van der Waals surface area contributed by atoms with Crippen LogP contribution in [0.4, 0.5) is 0 Å². The molecule has 0 aliphatic heterocycles. The molecular weight excluding hydrogens is 224 g/mol. The van der Waals surface area contributed by atoms with Crippen LogP contribution < -0.4 is 0 Å². The highest BCUT2D eigenvalue weighted by molar-refractivity contribution is 5.74. The van der Waals surface area contributed by atoms with Gasteiger partial charge in [0.05, 0.1) is 12.5 Å². The van der Waals surface area contributed by atoms with Crippen molar-refractivity contribution in [2.45, 2.75) is 58.3 Å². The predicted octanol–water partition coefficient (Wildman–Crippen LogP) is 4.10. The minimum absolute atomic E-state index is 0.0559. The molecule has 1 saturated carbocycles. The maximum Gasteiger partial charge on any atom is 0.309 e. The standard InChI is InChI=1S/C16H26O2/c1-2-3-4-5-6-7-10-18-16(17)15-12-13-8-9-14(15)11-13/h8-9,13-15H,2-7,10-12H2,1H3/t13-,14+,15+/m1/s1. The average Bonchev–Trinajstić information content (AvgIpc) is 2.99. The van der Waals surface area contributed by atoms with E-state index in [1.54, 1.807) is 0 Å². The molecule has 3 atom stereocenters. The number of ether oxygens (including phenoxy) is 1. The third kappa shape index (κ3) is 3.60. The van der Waals surface area contributed by atoms with Gasteiger partial charge in [0, 0.05) is 0 Å². The first kappa shape index (κ1) is 13.6. The number of carbonyl (C=O) groups is 1. The Morgan fingerprint density at radius 3 is 2.56 bits per heavy atom. The van der Waals surface area contributed by atoms with Crippen molar-refractivity contribution in [3.63, 3.8) is 0 Å². The van der Waals surface area contributed by atoms with Crippen molar-refractivity contribution < 1.29 is 9.53 Å². The molecule has 0 aromatic carbocycles. The summed E-state index contributed by atoms with van der Waals surface area (Å²) in [6.45, 7) is 2.86. The number of allylic oxidation sites excluding steroid dienone is 2. The second-order valence-electron chi connectivity index (χ2n) is 5.82. The van der Waals surface area contributed by atoms with E-state index in [1.165, 1.54) is 38.5 Å². The van der Waals surface area contributed by atoms with Gasteiger partial charge >= 0.3 is 5.97 Å². The second-order valence-corrected chi connectivity index (χ2v) is 5.82. The molecule has 0 amide bonds. The Hall–Kier alpha value is -0.790. The Morgan fingerprint density at radius 2 is 1.89 bits per heavy atom. The molecule has 2 heteroatoms. The van der Waals surface area contributed by atoms with E-state index >= 15 is 0 Å². The van der Waals surface area contributed by atoms with Crippen molar-refractivity contribution in [3.05, 3.63) is 12.2 Å². The van der Waals surface area contributed by atoms with Gasteiger partial charge in [0.1, 0.15) is 0 Å². The summed E-state index contributed by atoms with van der Waals surface area (Å²) in [4.78, 5) is 11.9. The third-order valence-electron chi connectivity index (χ3n) is 4.32. The van der Waals surface area contributed by atoms with Crippen LogP contribution in [-0.4, -0.2) is 12.6 Å². The highest BCUT2D eigenvalue weighted by atomic mass is 16.5. The second kappa shape index (κ2) is 6.96. The molecule has 18 heavy (non-hydrogen) atoms. The molecule has 1 fully saturated rings. The van der Waals surface area contributed by atoms with Crippen LogP contribution >= 0.6 is 0 Å². The monoisotopic (exact) mass is 250 g/mol. The Kier molecular flexibility index (Phi) is 5.27. The first-order valence-electron chi connectivity index (χ1n) is 7.66. The molecular formula is C16H26O2. The first-order valence-corrected chi connectivity index (χ1v) is 7.66. The summed E-state index contributed by atoms with van der Waals surface area (Å²) in [5.41, 5.74) is 0. The minimum atomic E-state index is 0.0559. The molecule has 2 aliphatic carbocycles. The largest absolute Gasteiger partial charge is 0.465 e. The fourth-order valence-corrected chi connectivity index (χ4v) is 3.21. The fraction of sp³-hybridized carbons (Fsp3) is 0.812. The van der Waals surface area contributed by atoms with Crippen molar-refractivity contribution in [1.29, 1.82) is 0 Å². The van der Waals surface area contributed by atoms with Crippen molar-refractivity contribution in [2.24, 2.45) is 17.8 Å². The molecule has 0 saturated heterocycles. The summed E-state index contributed by atoms with van der Waals surface area (Å²) in [6, 6.07) is 0. The van der Waals surface area contributed by atoms with Gasteiger partial charge in [-0.05, 0) is 31.1 Å². The number of carbonyl (C=O) groups excluding carboxylic acids is 1. The van der Waals surface area contributed by atoms with Gasteiger partial charge in [-0.25, -0.2) is 0 Å². The SMILES string of the molecule is CCCCCCCCOC(=O)[C@H]1C[C@@H]2C=C[C@H]1C2. The number of rotatable bonds is 8. The van der Waals surface area contributed by atoms with Crippen LogP contribution in [-0.2, 0) is 9.53 Å². The Labute approximate surface area is 111 Å². The molecule has 0 radical (unpaired) electrons. The van der Waals surface area contributed by atoms with Crippen LogP contribution in [0.25, 0.3) is 0 Å². The zero-order valence-electron chi connectivity index (χ0n) is 11.6. The number of unbranched alkanes of at least 4 members (excludes halogenated alkanes) is 5. The summed E-state index contributed by atoms with van der Waals surface area (Å²) in [7, 11) is 0. The number of hydrogen-bond donors (Lipinski definition) is 0. The number of hydrogen-bond acceptors (Lipinski definition) is 2. The molecule has 0 aromatic rings. The number of fused-ring (bicyclic) bond motifs is 2. The van der Waals surface area contributed by atoms with E-state index in [2.05, 4.69) is 19.1 Å². The predicted molar refractivity (Wildman–Crippen MR) is 73.2 cm³/mol. The van der Waals surface area contributed by atoms with Crippen LogP contribution in [0.5, 0.6) is 0 Å².